The van der Waals surface area contributed by atoms with Crippen LogP contribution in [0.2, 0.25) is 0 Å². The highest BCUT2D eigenvalue weighted by atomic mass is 16.1. The van der Waals surface area contributed by atoms with Crippen LogP contribution in [-0.2, 0) is 4.79 Å². The summed E-state index contributed by atoms with van der Waals surface area (Å²) in [4.78, 5) is 13.0. The van der Waals surface area contributed by atoms with Crippen LogP contribution in [0.25, 0.3) is 0 Å². The Morgan fingerprint density at radius 2 is 2.36 bits per heavy atom. The van der Waals surface area contributed by atoms with Crippen molar-refractivity contribution in [2.45, 2.75) is 38.8 Å². The molecule has 4 nitrogen and oxygen atoms in total. The Balaban J connectivity index is 2.37. The molecule has 0 saturated carbocycles. The third kappa shape index (κ3) is 3.64. The van der Waals surface area contributed by atoms with E-state index in [1.165, 1.54) is 12.8 Å². The lowest BCUT2D eigenvalue weighted by atomic mass is 10.2. The normalized spacial score (nSPS) is 22.1. The van der Waals surface area contributed by atoms with E-state index < -0.39 is 0 Å². The number of carbonyl (C=O) groups is 1. The smallest absolute Gasteiger partial charge is 0.231 e. The zero-order valence-electron chi connectivity index (χ0n) is 9.12. The third-order valence-corrected chi connectivity index (χ3v) is 2.71. The van der Waals surface area contributed by atoms with Crippen molar-refractivity contribution < 1.29 is 4.79 Å². The summed E-state index contributed by atoms with van der Waals surface area (Å²) >= 11 is 0. The highest BCUT2D eigenvalue weighted by Crippen LogP contribution is 2.08. The summed E-state index contributed by atoms with van der Waals surface area (Å²) in [5.74, 6) is -0.239. The van der Waals surface area contributed by atoms with E-state index in [-0.39, 0.29) is 5.91 Å². The molecule has 1 heterocycles. The monoisotopic (exact) mass is 199 g/mol. The summed E-state index contributed by atoms with van der Waals surface area (Å²) in [7, 11) is 0. The third-order valence-electron chi connectivity index (χ3n) is 2.71. The molecule has 0 bridgehead atoms. The summed E-state index contributed by atoms with van der Waals surface area (Å²) in [6.07, 6.45) is 2.45. The Bertz CT molecular complexity index is 188. The van der Waals surface area contributed by atoms with E-state index in [9.17, 15) is 4.79 Å². The summed E-state index contributed by atoms with van der Waals surface area (Å²) in [5, 5.41) is 3.42. The van der Waals surface area contributed by atoms with Crippen molar-refractivity contribution in [1.29, 1.82) is 0 Å². The molecule has 1 fully saturated rings. The van der Waals surface area contributed by atoms with Crippen LogP contribution in [0.4, 0.5) is 0 Å². The molecule has 0 spiro atoms. The van der Waals surface area contributed by atoms with Gasteiger partial charge in [-0.3, -0.25) is 9.69 Å². The molecule has 1 aliphatic rings. The molecule has 0 aromatic rings. The van der Waals surface area contributed by atoms with Gasteiger partial charge in [0.1, 0.15) is 0 Å². The standard InChI is InChI=1S/C10H21N3O/c1-8(2)13(7-10(11)14)6-9-4-3-5-12-9/h8-9,12H,3-7H2,1-2H3,(H2,11,14)/t9-/m0/s1. The molecule has 3 N–H and O–H groups in total. The van der Waals surface area contributed by atoms with E-state index in [4.69, 9.17) is 5.73 Å². The van der Waals surface area contributed by atoms with Crippen molar-refractivity contribution in [3.8, 4) is 0 Å². The molecule has 4 heteroatoms. The Labute approximate surface area is 85.8 Å². The van der Waals surface area contributed by atoms with Gasteiger partial charge in [0, 0.05) is 18.6 Å². The zero-order chi connectivity index (χ0) is 10.6. The van der Waals surface area contributed by atoms with E-state index in [1.54, 1.807) is 0 Å². The van der Waals surface area contributed by atoms with Crippen molar-refractivity contribution >= 4 is 5.91 Å². The minimum absolute atomic E-state index is 0.239. The Hall–Kier alpha value is -0.610. The van der Waals surface area contributed by atoms with Gasteiger partial charge in [0.05, 0.1) is 6.54 Å². The van der Waals surface area contributed by atoms with E-state index in [0.717, 1.165) is 13.1 Å². The molecule has 14 heavy (non-hydrogen) atoms. The maximum atomic E-state index is 10.8. The van der Waals surface area contributed by atoms with E-state index in [1.807, 2.05) is 0 Å². The summed E-state index contributed by atoms with van der Waals surface area (Å²) in [6.45, 7) is 6.60. The summed E-state index contributed by atoms with van der Waals surface area (Å²) in [6, 6.07) is 0.918. The van der Waals surface area contributed by atoms with Crippen LogP contribution in [0.5, 0.6) is 0 Å². The van der Waals surface area contributed by atoms with Crippen LogP contribution in [-0.4, -0.2) is 42.5 Å². The van der Waals surface area contributed by atoms with Crippen molar-refractivity contribution in [3.63, 3.8) is 0 Å². The minimum atomic E-state index is -0.239. The largest absolute Gasteiger partial charge is 0.369 e. The second kappa shape index (κ2) is 5.32. The fourth-order valence-electron chi connectivity index (χ4n) is 1.85. The zero-order valence-corrected chi connectivity index (χ0v) is 9.12. The van der Waals surface area contributed by atoms with Crippen molar-refractivity contribution in [3.05, 3.63) is 0 Å². The molecule has 1 rings (SSSR count). The lowest BCUT2D eigenvalue weighted by molar-refractivity contribution is -0.119. The number of amides is 1. The number of carbonyl (C=O) groups excluding carboxylic acids is 1. The quantitative estimate of drug-likeness (QED) is 0.652. The van der Waals surface area contributed by atoms with Crippen molar-refractivity contribution in [2.75, 3.05) is 19.6 Å². The van der Waals surface area contributed by atoms with Gasteiger partial charge in [-0.2, -0.15) is 0 Å². The van der Waals surface area contributed by atoms with E-state index >= 15 is 0 Å². The minimum Gasteiger partial charge on any atom is -0.369 e. The number of primary amides is 1. The van der Waals surface area contributed by atoms with Crippen LogP contribution >= 0.6 is 0 Å². The maximum absolute atomic E-state index is 10.8. The van der Waals surface area contributed by atoms with Gasteiger partial charge in [0.15, 0.2) is 0 Å². The van der Waals surface area contributed by atoms with E-state index in [0.29, 0.717) is 18.6 Å². The first kappa shape index (κ1) is 11.5. The van der Waals surface area contributed by atoms with Crippen molar-refractivity contribution in [2.24, 2.45) is 5.73 Å². The first-order chi connectivity index (χ1) is 6.59. The fourth-order valence-corrected chi connectivity index (χ4v) is 1.85. The first-order valence-electron chi connectivity index (χ1n) is 5.35. The van der Waals surface area contributed by atoms with Gasteiger partial charge in [-0.15, -0.1) is 0 Å². The molecule has 0 radical (unpaired) electrons. The second-order valence-corrected chi connectivity index (χ2v) is 4.28. The van der Waals surface area contributed by atoms with Crippen LogP contribution in [0, 0.1) is 0 Å². The molecule has 1 saturated heterocycles. The lowest BCUT2D eigenvalue weighted by Gasteiger charge is -2.27. The maximum Gasteiger partial charge on any atom is 0.231 e. The van der Waals surface area contributed by atoms with Crippen LogP contribution in [0.1, 0.15) is 26.7 Å². The lowest BCUT2D eigenvalue weighted by Crippen LogP contribution is -2.45. The number of nitrogens with zero attached hydrogens (tertiary/aromatic N) is 1. The Kier molecular flexibility index (Phi) is 4.35. The van der Waals surface area contributed by atoms with Gasteiger partial charge in [0.25, 0.3) is 0 Å². The molecule has 0 aromatic carbocycles. The van der Waals surface area contributed by atoms with Gasteiger partial charge in [-0.1, -0.05) is 0 Å². The molecule has 1 amide bonds. The molecular weight excluding hydrogens is 178 g/mol. The number of nitrogens with one attached hydrogen (secondary N) is 1. The average molecular weight is 199 g/mol. The van der Waals surface area contributed by atoms with Gasteiger partial charge < -0.3 is 11.1 Å². The van der Waals surface area contributed by atoms with Crippen LogP contribution in [0.15, 0.2) is 0 Å². The molecule has 0 unspecified atom stereocenters. The highest BCUT2D eigenvalue weighted by molar-refractivity contribution is 5.75. The Morgan fingerprint density at radius 3 is 2.79 bits per heavy atom. The van der Waals surface area contributed by atoms with Crippen LogP contribution in [0.3, 0.4) is 0 Å². The van der Waals surface area contributed by atoms with E-state index in [2.05, 4.69) is 24.1 Å². The summed E-state index contributed by atoms with van der Waals surface area (Å²) in [5.41, 5.74) is 5.20. The predicted molar refractivity (Wildman–Crippen MR) is 56.9 cm³/mol. The van der Waals surface area contributed by atoms with Gasteiger partial charge in [0.2, 0.25) is 5.91 Å². The molecule has 1 aliphatic heterocycles. The van der Waals surface area contributed by atoms with Gasteiger partial charge in [-0.25, -0.2) is 0 Å². The number of rotatable bonds is 5. The van der Waals surface area contributed by atoms with Crippen LogP contribution < -0.4 is 11.1 Å². The number of hydrogen-bond donors (Lipinski definition) is 2. The molecule has 82 valence electrons. The first-order valence-corrected chi connectivity index (χ1v) is 5.35. The molecule has 0 aromatic heterocycles. The fraction of sp³-hybridized carbons (Fsp3) is 0.900. The Morgan fingerprint density at radius 1 is 1.64 bits per heavy atom. The molecule has 1 atom stereocenters. The topological polar surface area (TPSA) is 58.4 Å². The summed E-state index contributed by atoms with van der Waals surface area (Å²) < 4.78 is 0. The molecule has 0 aliphatic carbocycles. The number of hydrogen-bond acceptors (Lipinski definition) is 3. The second-order valence-electron chi connectivity index (χ2n) is 4.28. The predicted octanol–water partition coefficient (Wildman–Crippen LogP) is -0.0659. The SMILES string of the molecule is CC(C)N(CC(N)=O)C[C@@H]1CCCN1. The number of nitrogens with two attached hydrogens (primary N) is 1. The average Bonchev–Trinajstić information content (AvgIpc) is 2.54. The van der Waals surface area contributed by atoms with Gasteiger partial charge >= 0.3 is 0 Å². The van der Waals surface area contributed by atoms with Crippen molar-refractivity contribution in [1.82, 2.24) is 10.2 Å². The highest BCUT2D eigenvalue weighted by Gasteiger charge is 2.20. The molecular formula is C10H21N3O. The van der Waals surface area contributed by atoms with Gasteiger partial charge in [-0.05, 0) is 33.2 Å².